The minimum Gasteiger partial charge on any atom is -0.353 e. The molecule has 1 aliphatic heterocycles. The Morgan fingerprint density at radius 1 is 1.12 bits per heavy atom. The van der Waals surface area contributed by atoms with E-state index in [1.807, 2.05) is 0 Å². The topological polar surface area (TPSA) is 58.2 Å². The van der Waals surface area contributed by atoms with Crippen molar-refractivity contribution in [3.63, 3.8) is 0 Å². The van der Waals surface area contributed by atoms with Crippen LogP contribution in [0.5, 0.6) is 0 Å². The number of halogens is 1. The number of carbonyl (C=O) groups excluding carboxylic acids is 2. The monoisotopic (exact) mass is 440 g/mol. The number of hydrogen-bond acceptors (Lipinski definition) is 2. The Hall–Kier alpha value is -1.91. The lowest BCUT2D eigenvalue weighted by molar-refractivity contribution is -0.127. The predicted octanol–water partition coefficient (Wildman–Crippen LogP) is 4.91. The molecule has 6 rings (SSSR count). The molecule has 2 N–H and O–H groups in total. The molecule has 1 saturated heterocycles. The molecule has 4 bridgehead atoms. The van der Waals surface area contributed by atoms with Crippen LogP contribution in [0.15, 0.2) is 24.3 Å². The van der Waals surface area contributed by atoms with Gasteiger partial charge in [0.05, 0.1) is 0 Å². The molecule has 4 aliphatic carbocycles. The fourth-order valence-electron chi connectivity index (χ4n) is 8.09. The van der Waals surface area contributed by atoms with E-state index < -0.39 is 5.54 Å². The minimum atomic E-state index is -0.408. The molecule has 0 spiro atoms. The highest BCUT2D eigenvalue weighted by molar-refractivity contribution is 5.80. The van der Waals surface area contributed by atoms with E-state index in [4.69, 9.17) is 0 Å². The fraction of sp³-hybridized carbons (Fsp3) is 0.704. The first-order valence-corrected chi connectivity index (χ1v) is 12.7. The fourth-order valence-corrected chi connectivity index (χ4v) is 8.09. The molecular weight excluding hydrogens is 403 g/mol. The summed E-state index contributed by atoms with van der Waals surface area (Å²) in [5.41, 5.74) is 0.898. The highest BCUT2D eigenvalue weighted by atomic mass is 19.1. The normalized spacial score (nSPS) is 36.2. The SMILES string of the molecule is CC[C@H](NC(=O)CC[C@]1(Cc2ccc(F)cc2)CCC(=O)N1)C12CC3CC(CC(C3)C1)C2. The van der Waals surface area contributed by atoms with Crippen molar-refractivity contribution in [3.05, 3.63) is 35.6 Å². The van der Waals surface area contributed by atoms with Crippen LogP contribution in [-0.4, -0.2) is 23.4 Å². The van der Waals surface area contributed by atoms with Crippen molar-refractivity contribution in [1.29, 1.82) is 0 Å². The number of benzene rings is 1. The largest absolute Gasteiger partial charge is 0.353 e. The molecule has 2 amide bonds. The second-order valence-electron chi connectivity index (χ2n) is 11.4. The van der Waals surface area contributed by atoms with Crippen LogP contribution in [0.2, 0.25) is 0 Å². The van der Waals surface area contributed by atoms with Gasteiger partial charge in [-0.2, -0.15) is 0 Å². The smallest absolute Gasteiger partial charge is 0.220 e. The quantitative estimate of drug-likeness (QED) is 0.604. The average Bonchev–Trinajstić information content (AvgIpc) is 3.12. The lowest BCUT2D eigenvalue weighted by atomic mass is 9.47. The summed E-state index contributed by atoms with van der Waals surface area (Å²) < 4.78 is 13.3. The van der Waals surface area contributed by atoms with E-state index in [1.165, 1.54) is 50.7 Å². The summed E-state index contributed by atoms with van der Waals surface area (Å²) in [4.78, 5) is 25.2. The molecule has 0 radical (unpaired) electrons. The van der Waals surface area contributed by atoms with E-state index in [-0.39, 0.29) is 23.7 Å². The summed E-state index contributed by atoms with van der Waals surface area (Å²) in [6, 6.07) is 6.76. The van der Waals surface area contributed by atoms with Gasteiger partial charge in [-0.15, -0.1) is 0 Å². The third-order valence-electron chi connectivity index (χ3n) is 9.09. The van der Waals surface area contributed by atoms with Crippen LogP contribution >= 0.6 is 0 Å². The van der Waals surface area contributed by atoms with E-state index in [9.17, 15) is 14.0 Å². The van der Waals surface area contributed by atoms with Gasteiger partial charge in [-0.3, -0.25) is 9.59 Å². The number of amides is 2. The Kier molecular flexibility index (Phi) is 5.79. The molecular formula is C27H37FN2O2. The van der Waals surface area contributed by atoms with Crippen LogP contribution in [0.4, 0.5) is 4.39 Å². The number of carbonyl (C=O) groups is 2. The molecule has 0 unspecified atom stereocenters. The average molecular weight is 441 g/mol. The Bertz CT molecular complexity index is 832. The van der Waals surface area contributed by atoms with Crippen LogP contribution in [0.3, 0.4) is 0 Å². The first-order chi connectivity index (χ1) is 15.4. The number of nitrogens with one attached hydrogen (secondary N) is 2. The van der Waals surface area contributed by atoms with Gasteiger partial charge >= 0.3 is 0 Å². The zero-order valence-corrected chi connectivity index (χ0v) is 19.3. The molecule has 1 aromatic rings. The van der Waals surface area contributed by atoms with Gasteiger partial charge in [0.1, 0.15) is 5.82 Å². The summed E-state index contributed by atoms with van der Waals surface area (Å²) in [6.45, 7) is 2.22. The number of rotatable bonds is 8. The number of hydrogen-bond donors (Lipinski definition) is 2. The van der Waals surface area contributed by atoms with Crippen molar-refractivity contribution in [2.75, 3.05) is 0 Å². The van der Waals surface area contributed by atoms with Crippen LogP contribution in [0.25, 0.3) is 0 Å². The molecule has 5 heteroatoms. The van der Waals surface area contributed by atoms with Gasteiger partial charge in [0.2, 0.25) is 11.8 Å². The summed E-state index contributed by atoms with van der Waals surface area (Å²) in [7, 11) is 0. The lowest BCUT2D eigenvalue weighted by Gasteiger charge is -2.59. The van der Waals surface area contributed by atoms with Gasteiger partial charge < -0.3 is 10.6 Å². The third-order valence-corrected chi connectivity index (χ3v) is 9.09. The molecule has 4 nitrogen and oxygen atoms in total. The molecule has 1 heterocycles. The minimum absolute atomic E-state index is 0.0486. The molecule has 5 fully saturated rings. The van der Waals surface area contributed by atoms with Crippen molar-refractivity contribution in [2.24, 2.45) is 23.2 Å². The summed E-state index contributed by atoms with van der Waals surface area (Å²) in [6.07, 6.45) is 12.0. The van der Waals surface area contributed by atoms with Gasteiger partial charge in [-0.25, -0.2) is 4.39 Å². The second-order valence-corrected chi connectivity index (χ2v) is 11.4. The van der Waals surface area contributed by atoms with Crippen molar-refractivity contribution < 1.29 is 14.0 Å². The van der Waals surface area contributed by atoms with Crippen LogP contribution in [0.1, 0.15) is 83.1 Å². The summed E-state index contributed by atoms with van der Waals surface area (Å²) in [5, 5.41) is 6.60. The highest BCUT2D eigenvalue weighted by Crippen LogP contribution is 2.61. The maximum absolute atomic E-state index is 13.3. The van der Waals surface area contributed by atoms with Crippen molar-refractivity contribution >= 4 is 11.8 Å². The molecule has 1 aromatic carbocycles. The van der Waals surface area contributed by atoms with E-state index in [0.717, 1.165) is 36.2 Å². The van der Waals surface area contributed by atoms with E-state index >= 15 is 0 Å². The van der Waals surface area contributed by atoms with Crippen molar-refractivity contribution in [3.8, 4) is 0 Å². The van der Waals surface area contributed by atoms with Gasteiger partial charge in [0, 0.05) is 24.4 Å². The van der Waals surface area contributed by atoms with Gasteiger partial charge in [-0.05, 0) is 105 Å². The molecule has 0 aromatic heterocycles. The maximum atomic E-state index is 13.3. The van der Waals surface area contributed by atoms with Gasteiger partial charge in [0.15, 0.2) is 0 Å². The standard InChI is InChI=1S/C27H37FN2O2/c1-2-23(26-14-19-11-20(15-26)13-21(12-19)16-26)29-24(31)7-9-27(10-8-25(32)30-27)17-18-3-5-22(28)6-4-18/h3-6,19-21,23H,2,7-17H2,1H3,(H,29,31)(H,30,32)/t19?,20?,21?,23-,26?,27+/m0/s1. The second kappa shape index (κ2) is 8.46. The summed E-state index contributed by atoms with van der Waals surface area (Å²) in [5.74, 6) is 2.53. The maximum Gasteiger partial charge on any atom is 0.220 e. The molecule has 5 aliphatic rings. The van der Waals surface area contributed by atoms with E-state index in [0.29, 0.717) is 31.1 Å². The van der Waals surface area contributed by atoms with Crippen molar-refractivity contribution in [1.82, 2.24) is 10.6 Å². The van der Waals surface area contributed by atoms with Gasteiger partial charge in [0.25, 0.3) is 0 Å². The highest BCUT2D eigenvalue weighted by Gasteiger charge is 2.54. The van der Waals surface area contributed by atoms with Gasteiger partial charge in [-0.1, -0.05) is 19.1 Å². The Morgan fingerprint density at radius 3 is 2.28 bits per heavy atom. The van der Waals surface area contributed by atoms with Crippen molar-refractivity contribution in [2.45, 2.75) is 95.6 Å². The Balaban J connectivity index is 1.22. The lowest BCUT2D eigenvalue weighted by Crippen LogP contribution is -2.56. The molecule has 32 heavy (non-hydrogen) atoms. The first-order valence-electron chi connectivity index (χ1n) is 12.7. The van der Waals surface area contributed by atoms with Crippen LogP contribution in [0, 0.1) is 29.0 Å². The van der Waals surface area contributed by atoms with E-state index in [2.05, 4.69) is 17.6 Å². The zero-order chi connectivity index (χ0) is 22.3. The molecule has 4 saturated carbocycles. The van der Waals surface area contributed by atoms with Crippen LogP contribution < -0.4 is 10.6 Å². The first kappa shape index (κ1) is 21.9. The molecule has 174 valence electrons. The Labute approximate surface area is 191 Å². The zero-order valence-electron chi connectivity index (χ0n) is 19.3. The Morgan fingerprint density at radius 2 is 1.75 bits per heavy atom. The van der Waals surface area contributed by atoms with E-state index in [1.54, 1.807) is 12.1 Å². The van der Waals surface area contributed by atoms with Crippen LogP contribution in [-0.2, 0) is 16.0 Å². The molecule has 2 atom stereocenters. The summed E-state index contributed by atoms with van der Waals surface area (Å²) >= 11 is 0. The predicted molar refractivity (Wildman–Crippen MR) is 122 cm³/mol. The third kappa shape index (κ3) is 4.32.